The molecule has 0 aliphatic rings. The van der Waals surface area contributed by atoms with Crippen LogP contribution in [0, 0.1) is 0 Å². The Hall–Kier alpha value is -1.26. The van der Waals surface area contributed by atoms with Crippen molar-refractivity contribution in [2.24, 2.45) is 0 Å². The Bertz CT molecular complexity index is 372. The maximum absolute atomic E-state index is 11.6. The van der Waals surface area contributed by atoms with Gasteiger partial charge in [0.1, 0.15) is 5.75 Å². The fourth-order valence-electron chi connectivity index (χ4n) is 1.74. The van der Waals surface area contributed by atoms with Crippen molar-refractivity contribution in [1.82, 2.24) is 10.6 Å². The van der Waals surface area contributed by atoms with E-state index in [1.54, 1.807) is 7.11 Å². The first-order valence-corrected chi connectivity index (χ1v) is 6.31. The second-order valence-electron chi connectivity index (χ2n) is 4.12. The van der Waals surface area contributed by atoms with E-state index in [1.807, 2.05) is 31.3 Å². The van der Waals surface area contributed by atoms with E-state index in [1.165, 1.54) is 0 Å². The normalized spacial score (nSPS) is 9.58. The fraction of sp³-hybridized carbons (Fsp3) is 0.500. The van der Waals surface area contributed by atoms with Gasteiger partial charge in [0.15, 0.2) is 0 Å². The van der Waals surface area contributed by atoms with Crippen LogP contribution in [-0.4, -0.2) is 33.2 Å². The van der Waals surface area contributed by atoms with Gasteiger partial charge in [-0.3, -0.25) is 4.79 Å². The van der Waals surface area contributed by atoms with Gasteiger partial charge in [0.05, 0.1) is 7.11 Å². The smallest absolute Gasteiger partial charge is 0.220 e. The van der Waals surface area contributed by atoms with Gasteiger partial charge in [-0.15, -0.1) is 12.4 Å². The molecule has 0 heterocycles. The zero-order chi connectivity index (χ0) is 13.2. The molecule has 4 nitrogen and oxygen atoms in total. The summed E-state index contributed by atoms with van der Waals surface area (Å²) < 4.78 is 5.25. The van der Waals surface area contributed by atoms with E-state index >= 15 is 0 Å². The predicted molar refractivity (Wildman–Crippen MR) is 80.1 cm³/mol. The van der Waals surface area contributed by atoms with Crippen LogP contribution in [0.3, 0.4) is 0 Å². The van der Waals surface area contributed by atoms with E-state index in [0.717, 1.165) is 30.8 Å². The van der Waals surface area contributed by atoms with Gasteiger partial charge in [-0.05, 0) is 38.1 Å². The Morgan fingerprint density at radius 1 is 1.26 bits per heavy atom. The van der Waals surface area contributed by atoms with Gasteiger partial charge in [0.25, 0.3) is 0 Å². The van der Waals surface area contributed by atoms with Crippen molar-refractivity contribution in [2.75, 3.05) is 27.2 Å². The molecule has 0 atom stereocenters. The van der Waals surface area contributed by atoms with Crippen LogP contribution < -0.4 is 15.4 Å². The highest BCUT2D eigenvalue weighted by Crippen LogP contribution is 2.18. The summed E-state index contributed by atoms with van der Waals surface area (Å²) in [7, 11) is 3.56. The minimum atomic E-state index is 0. The fourth-order valence-corrected chi connectivity index (χ4v) is 1.74. The summed E-state index contributed by atoms with van der Waals surface area (Å²) >= 11 is 0. The Labute approximate surface area is 121 Å². The third-order valence-electron chi connectivity index (χ3n) is 2.74. The third-order valence-corrected chi connectivity index (χ3v) is 2.74. The van der Waals surface area contributed by atoms with E-state index in [4.69, 9.17) is 4.74 Å². The van der Waals surface area contributed by atoms with E-state index < -0.39 is 0 Å². The van der Waals surface area contributed by atoms with Crippen LogP contribution in [0.5, 0.6) is 5.75 Å². The van der Waals surface area contributed by atoms with E-state index in [-0.39, 0.29) is 18.3 Å². The topological polar surface area (TPSA) is 50.4 Å². The van der Waals surface area contributed by atoms with Crippen molar-refractivity contribution in [3.8, 4) is 5.75 Å². The summed E-state index contributed by atoms with van der Waals surface area (Å²) in [6, 6.07) is 7.80. The van der Waals surface area contributed by atoms with E-state index in [2.05, 4.69) is 10.6 Å². The Morgan fingerprint density at radius 3 is 2.68 bits per heavy atom. The number of ether oxygens (including phenoxy) is 1. The number of aryl methyl sites for hydroxylation is 1. The molecule has 0 bridgehead atoms. The number of para-hydroxylation sites is 1. The molecule has 0 saturated heterocycles. The molecule has 0 unspecified atom stereocenters. The van der Waals surface area contributed by atoms with Crippen LogP contribution in [0.2, 0.25) is 0 Å². The van der Waals surface area contributed by atoms with Crippen molar-refractivity contribution in [2.45, 2.75) is 19.3 Å². The largest absolute Gasteiger partial charge is 0.496 e. The van der Waals surface area contributed by atoms with Crippen molar-refractivity contribution in [3.05, 3.63) is 29.8 Å². The van der Waals surface area contributed by atoms with Gasteiger partial charge in [-0.1, -0.05) is 18.2 Å². The van der Waals surface area contributed by atoms with E-state index in [0.29, 0.717) is 12.8 Å². The number of halogens is 1. The highest BCUT2D eigenvalue weighted by molar-refractivity contribution is 5.85. The Kier molecular flexibility index (Phi) is 9.94. The lowest BCUT2D eigenvalue weighted by atomic mass is 10.1. The monoisotopic (exact) mass is 286 g/mol. The summed E-state index contributed by atoms with van der Waals surface area (Å²) in [6.07, 6.45) is 2.17. The molecule has 0 aromatic heterocycles. The number of hydrogen-bond acceptors (Lipinski definition) is 3. The molecule has 0 fully saturated rings. The zero-order valence-electron chi connectivity index (χ0n) is 11.6. The molecule has 1 amide bonds. The average molecular weight is 287 g/mol. The van der Waals surface area contributed by atoms with Gasteiger partial charge < -0.3 is 15.4 Å². The number of amides is 1. The highest BCUT2D eigenvalue weighted by atomic mass is 35.5. The van der Waals surface area contributed by atoms with Gasteiger partial charge >= 0.3 is 0 Å². The molecule has 1 aromatic rings. The molecular formula is C14H23ClN2O2. The minimum Gasteiger partial charge on any atom is -0.496 e. The standard InChI is InChI=1S/C14H22N2O2.ClH/c1-15-10-5-11-16-14(17)9-8-12-6-3-4-7-13(12)18-2;/h3-4,6-7,15H,5,8-11H2,1-2H3,(H,16,17);1H. The summed E-state index contributed by atoms with van der Waals surface area (Å²) in [4.78, 5) is 11.6. The van der Waals surface area contributed by atoms with Crippen LogP contribution in [0.25, 0.3) is 0 Å². The van der Waals surface area contributed by atoms with Crippen LogP contribution in [0.15, 0.2) is 24.3 Å². The summed E-state index contributed by atoms with van der Waals surface area (Å²) in [5, 5.41) is 5.95. The van der Waals surface area contributed by atoms with E-state index in [9.17, 15) is 4.79 Å². The minimum absolute atomic E-state index is 0. The molecule has 108 valence electrons. The van der Waals surface area contributed by atoms with Gasteiger partial charge in [0, 0.05) is 13.0 Å². The molecule has 0 saturated carbocycles. The molecule has 0 spiro atoms. The van der Waals surface area contributed by atoms with Crippen LogP contribution in [0.1, 0.15) is 18.4 Å². The molecule has 0 aliphatic heterocycles. The van der Waals surface area contributed by atoms with Crippen molar-refractivity contribution in [3.63, 3.8) is 0 Å². The maximum atomic E-state index is 11.6. The first-order valence-electron chi connectivity index (χ1n) is 6.31. The highest BCUT2D eigenvalue weighted by Gasteiger charge is 2.05. The van der Waals surface area contributed by atoms with Crippen LogP contribution in [0.4, 0.5) is 0 Å². The molecule has 2 N–H and O–H groups in total. The number of methoxy groups -OCH3 is 1. The average Bonchev–Trinajstić information content (AvgIpc) is 2.41. The number of benzene rings is 1. The lowest BCUT2D eigenvalue weighted by Crippen LogP contribution is -2.26. The molecular weight excluding hydrogens is 264 g/mol. The summed E-state index contributed by atoms with van der Waals surface area (Å²) in [5.41, 5.74) is 1.07. The number of hydrogen-bond donors (Lipinski definition) is 2. The number of carbonyl (C=O) groups is 1. The number of rotatable bonds is 8. The van der Waals surface area contributed by atoms with Crippen LogP contribution in [-0.2, 0) is 11.2 Å². The Balaban J connectivity index is 0.00000324. The third kappa shape index (κ3) is 7.03. The second-order valence-corrected chi connectivity index (χ2v) is 4.12. The molecule has 5 heteroatoms. The van der Waals surface area contributed by atoms with Gasteiger partial charge in [0.2, 0.25) is 5.91 Å². The van der Waals surface area contributed by atoms with Crippen molar-refractivity contribution < 1.29 is 9.53 Å². The lowest BCUT2D eigenvalue weighted by Gasteiger charge is -2.08. The lowest BCUT2D eigenvalue weighted by molar-refractivity contribution is -0.121. The first-order chi connectivity index (χ1) is 8.77. The van der Waals surface area contributed by atoms with Gasteiger partial charge in [-0.2, -0.15) is 0 Å². The molecule has 1 aromatic carbocycles. The molecule has 1 rings (SSSR count). The van der Waals surface area contributed by atoms with Gasteiger partial charge in [-0.25, -0.2) is 0 Å². The number of carbonyl (C=O) groups excluding carboxylic acids is 1. The second kappa shape index (κ2) is 10.6. The first kappa shape index (κ1) is 17.7. The SMILES string of the molecule is CNCCCNC(=O)CCc1ccccc1OC.Cl. The molecule has 0 radical (unpaired) electrons. The van der Waals surface area contributed by atoms with Crippen molar-refractivity contribution in [1.29, 1.82) is 0 Å². The quantitative estimate of drug-likeness (QED) is 0.716. The van der Waals surface area contributed by atoms with Crippen LogP contribution >= 0.6 is 12.4 Å². The molecule has 0 aliphatic carbocycles. The van der Waals surface area contributed by atoms with Crippen molar-refractivity contribution >= 4 is 18.3 Å². The summed E-state index contributed by atoms with van der Waals surface area (Å²) in [6.45, 7) is 1.65. The number of nitrogens with one attached hydrogen (secondary N) is 2. The zero-order valence-corrected chi connectivity index (χ0v) is 12.4. The predicted octanol–water partition coefficient (Wildman–Crippen LogP) is 1.78. The summed E-state index contributed by atoms with van der Waals surface area (Å²) in [5.74, 6) is 0.942. The maximum Gasteiger partial charge on any atom is 0.220 e. The molecule has 19 heavy (non-hydrogen) atoms. The Morgan fingerprint density at radius 2 is 2.00 bits per heavy atom.